The van der Waals surface area contributed by atoms with Crippen molar-refractivity contribution >= 4 is 5.97 Å². The summed E-state index contributed by atoms with van der Waals surface area (Å²) in [5, 5.41) is 0. The first-order valence-electron chi connectivity index (χ1n) is 10.3. The number of hydrogen-bond acceptors (Lipinski definition) is 3. The molecule has 3 saturated heterocycles. The Bertz CT molecular complexity index is 931. The standard InChI is InChI=1S/C24H26NO3/c1-24(17-10-6-4-8-15(17)16-9-5-7-11-18(16)24)23(26)27-14-12-19-21-22(28-21)20(13-14)25(19,2)3/h4-11,14,19-22H,12-13H2,1-3H3/q+1/t14?,19-,20+,21-,22+. The molecule has 0 radical (unpaired) electrons. The first-order chi connectivity index (χ1) is 13.4. The van der Waals surface area contributed by atoms with Gasteiger partial charge in [0.2, 0.25) is 0 Å². The van der Waals surface area contributed by atoms with Crippen LogP contribution in [0.1, 0.15) is 30.9 Å². The lowest BCUT2D eigenvalue weighted by Crippen LogP contribution is -2.60. The van der Waals surface area contributed by atoms with Crippen LogP contribution in [0.3, 0.4) is 0 Å². The molecule has 5 atom stereocenters. The summed E-state index contributed by atoms with van der Waals surface area (Å²) in [6, 6.07) is 17.4. The first kappa shape index (κ1) is 16.8. The molecule has 0 saturated carbocycles. The molecule has 2 bridgehead atoms. The molecule has 144 valence electrons. The van der Waals surface area contributed by atoms with Gasteiger partial charge in [0.25, 0.3) is 0 Å². The monoisotopic (exact) mass is 376 g/mol. The van der Waals surface area contributed by atoms with Crippen LogP contribution in [0, 0.1) is 0 Å². The number of morpholine rings is 1. The quantitative estimate of drug-likeness (QED) is 0.459. The molecule has 2 aromatic rings. The minimum absolute atomic E-state index is 0.0122. The maximum atomic E-state index is 13.6. The number of piperidine rings is 1. The predicted molar refractivity (Wildman–Crippen MR) is 106 cm³/mol. The van der Waals surface area contributed by atoms with E-state index >= 15 is 0 Å². The van der Waals surface area contributed by atoms with E-state index in [0.29, 0.717) is 24.3 Å². The molecule has 0 spiro atoms. The van der Waals surface area contributed by atoms with Gasteiger partial charge >= 0.3 is 5.97 Å². The van der Waals surface area contributed by atoms with Crippen molar-refractivity contribution < 1.29 is 18.8 Å². The van der Waals surface area contributed by atoms with Gasteiger partial charge in [-0.2, -0.15) is 0 Å². The molecule has 28 heavy (non-hydrogen) atoms. The molecule has 3 aliphatic heterocycles. The van der Waals surface area contributed by atoms with Gasteiger partial charge in [-0.05, 0) is 29.2 Å². The van der Waals surface area contributed by atoms with Gasteiger partial charge < -0.3 is 14.0 Å². The number of quaternary nitrogens is 1. The van der Waals surface area contributed by atoms with Crippen molar-refractivity contribution in [1.29, 1.82) is 0 Å². The molecular weight excluding hydrogens is 350 g/mol. The number of ether oxygens (including phenoxy) is 2. The number of carbonyl (C=O) groups excluding carboxylic acids is 1. The third-order valence-electron chi connectivity index (χ3n) is 7.94. The zero-order valence-corrected chi connectivity index (χ0v) is 16.6. The Labute approximate surface area is 165 Å². The van der Waals surface area contributed by atoms with E-state index in [1.807, 2.05) is 31.2 Å². The van der Waals surface area contributed by atoms with Crippen molar-refractivity contribution in [2.24, 2.45) is 0 Å². The van der Waals surface area contributed by atoms with Gasteiger partial charge in [-0.15, -0.1) is 0 Å². The summed E-state index contributed by atoms with van der Waals surface area (Å²) in [6.07, 6.45) is 2.52. The van der Waals surface area contributed by atoms with Crippen molar-refractivity contribution in [2.75, 3.05) is 14.1 Å². The third kappa shape index (κ3) is 1.95. The smallest absolute Gasteiger partial charge is 0.321 e. The van der Waals surface area contributed by atoms with Crippen LogP contribution in [0.25, 0.3) is 11.1 Å². The van der Waals surface area contributed by atoms with E-state index in [4.69, 9.17) is 9.47 Å². The maximum Gasteiger partial charge on any atom is 0.321 e. The van der Waals surface area contributed by atoms with E-state index in [0.717, 1.165) is 39.6 Å². The second-order valence-corrected chi connectivity index (χ2v) is 9.54. The van der Waals surface area contributed by atoms with Gasteiger partial charge in [-0.1, -0.05) is 48.5 Å². The molecular formula is C24H26NO3+. The highest BCUT2D eigenvalue weighted by molar-refractivity contribution is 5.97. The number of likely N-dealkylation sites (N-methyl/N-ethyl adjacent to an activating group) is 1. The van der Waals surface area contributed by atoms with Crippen LogP contribution in [-0.4, -0.2) is 54.9 Å². The number of carbonyl (C=O) groups is 1. The second-order valence-electron chi connectivity index (χ2n) is 9.54. The topological polar surface area (TPSA) is 38.8 Å². The average Bonchev–Trinajstić information content (AvgIpc) is 3.40. The maximum absolute atomic E-state index is 13.6. The summed E-state index contributed by atoms with van der Waals surface area (Å²) < 4.78 is 13.1. The Balaban J connectivity index is 1.33. The largest absolute Gasteiger partial charge is 0.461 e. The zero-order valence-electron chi connectivity index (χ0n) is 16.6. The third-order valence-corrected chi connectivity index (χ3v) is 7.94. The Morgan fingerprint density at radius 3 is 2.00 bits per heavy atom. The predicted octanol–water partition coefficient (Wildman–Crippen LogP) is 3.27. The summed E-state index contributed by atoms with van der Waals surface area (Å²) in [6.45, 7) is 2.03. The van der Waals surface area contributed by atoms with Crippen LogP contribution in [0.2, 0.25) is 0 Å². The van der Waals surface area contributed by atoms with Crippen LogP contribution < -0.4 is 0 Å². The van der Waals surface area contributed by atoms with Crippen molar-refractivity contribution in [2.45, 2.75) is 55.6 Å². The minimum Gasteiger partial charge on any atom is -0.461 e. The highest BCUT2D eigenvalue weighted by Gasteiger charge is 2.71. The molecule has 4 aliphatic rings. The van der Waals surface area contributed by atoms with Crippen LogP contribution in [0.5, 0.6) is 0 Å². The van der Waals surface area contributed by atoms with Crippen LogP contribution >= 0.6 is 0 Å². The first-order valence-corrected chi connectivity index (χ1v) is 10.3. The SMILES string of the molecule is CC1(C(=O)OC2C[C@@H]3[C@H]4O[C@H]4[C@H](C2)[N+]3(C)C)c2ccccc2-c2ccccc21. The van der Waals surface area contributed by atoms with Crippen LogP contribution in [-0.2, 0) is 19.7 Å². The Hall–Kier alpha value is -2.17. The summed E-state index contributed by atoms with van der Waals surface area (Å²) in [7, 11) is 4.60. The van der Waals surface area contributed by atoms with E-state index in [9.17, 15) is 4.79 Å². The Kier molecular flexibility index (Phi) is 3.14. The molecule has 3 heterocycles. The van der Waals surface area contributed by atoms with E-state index in [2.05, 4.69) is 38.4 Å². The molecule has 0 amide bonds. The van der Waals surface area contributed by atoms with E-state index in [-0.39, 0.29) is 12.1 Å². The van der Waals surface area contributed by atoms with E-state index in [1.165, 1.54) is 0 Å². The molecule has 1 unspecified atom stereocenters. The van der Waals surface area contributed by atoms with Gasteiger partial charge in [0, 0.05) is 12.8 Å². The number of nitrogens with zero attached hydrogens (tertiary/aromatic N) is 1. The summed E-state index contributed by atoms with van der Waals surface area (Å²) in [5.74, 6) is -0.115. The van der Waals surface area contributed by atoms with Gasteiger partial charge in [0.15, 0.2) is 0 Å². The number of esters is 1. The van der Waals surface area contributed by atoms with Gasteiger partial charge in [-0.25, -0.2) is 0 Å². The Morgan fingerprint density at radius 1 is 0.964 bits per heavy atom. The van der Waals surface area contributed by atoms with Gasteiger partial charge in [-0.3, -0.25) is 4.79 Å². The fourth-order valence-electron chi connectivity index (χ4n) is 6.24. The summed E-state index contributed by atoms with van der Waals surface area (Å²) in [4.78, 5) is 13.6. The summed E-state index contributed by atoms with van der Waals surface area (Å²) >= 11 is 0. The zero-order chi connectivity index (χ0) is 19.3. The van der Waals surface area contributed by atoms with Crippen LogP contribution in [0.15, 0.2) is 48.5 Å². The Morgan fingerprint density at radius 2 is 1.46 bits per heavy atom. The molecule has 4 nitrogen and oxygen atoms in total. The number of fused-ring (bicyclic) bond motifs is 8. The van der Waals surface area contributed by atoms with E-state index < -0.39 is 5.41 Å². The van der Waals surface area contributed by atoms with Gasteiger partial charge in [0.05, 0.1) is 14.1 Å². The van der Waals surface area contributed by atoms with Crippen molar-refractivity contribution in [1.82, 2.24) is 0 Å². The van der Waals surface area contributed by atoms with Crippen molar-refractivity contribution in [3.8, 4) is 11.1 Å². The number of rotatable bonds is 2. The normalized spacial score (nSPS) is 34.9. The van der Waals surface area contributed by atoms with Crippen molar-refractivity contribution in [3.05, 3.63) is 59.7 Å². The summed E-state index contributed by atoms with van der Waals surface area (Å²) in [5.41, 5.74) is 3.67. The fraction of sp³-hybridized carbons (Fsp3) is 0.458. The number of hydrogen-bond donors (Lipinski definition) is 0. The highest BCUT2D eigenvalue weighted by atomic mass is 16.6. The molecule has 6 rings (SSSR count). The molecule has 2 aromatic carbocycles. The van der Waals surface area contributed by atoms with Crippen molar-refractivity contribution in [3.63, 3.8) is 0 Å². The lowest BCUT2D eigenvalue weighted by molar-refractivity contribution is -0.938. The van der Waals surface area contributed by atoms with Crippen LogP contribution in [0.4, 0.5) is 0 Å². The molecule has 1 aliphatic carbocycles. The number of epoxide rings is 1. The molecule has 4 heteroatoms. The number of benzene rings is 2. The highest BCUT2D eigenvalue weighted by Crippen LogP contribution is 2.53. The molecule has 0 aromatic heterocycles. The average molecular weight is 376 g/mol. The van der Waals surface area contributed by atoms with E-state index in [1.54, 1.807) is 0 Å². The molecule has 3 fully saturated rings. The molecule has 0 N–H and O–H groups in total. The lowest BCUT2D eigenvalue weighted by atomic mass is 9.80. The van der Waals surface area contributed by atoms with Gasteiger partial charge in [0.1, 0.15) is 35.8 Å². The second kappa shape index (κ2) is 5.25. The minimum atomic E-state index is -0.743. The lowest BCUT2D eigenvalue weighted by Gasteiger charge is -2.45. The fourth-order valence-corrected chi connectivity index (χ4v) is 6.24.